The lowest BCUT2D eigenvalue weighted by atomic mass is 10.1. The van der Waals surface area contributed by atoms with Crippen LogP contribution in [0.15, 0.2) is 53.4 Å². The van der Waals surface area contributed by atoms with Gasteiger partial charge in [-0.1, -0.05) is 37.3 Å². The highest BCUT2D eigenvalue weighted by Gasteiger charge is 2.14. The first-order valence-corrected chi connectivity index (χ1v) is 8.19. The van der Waals surface area contributed by atoms with E-state index >= 15 is 0 Å². The number of hydrogen-bond donors (Lipinski definition) is 1. The monoisotopic (exact) mass is 320 g/mol. The Balaban J connectivity index is 2.20. The summed E-state index contributed by atoms with van der Waals surface area (Å²) < 4.78 is 37.0. The first-order chi connectivity index (χ1) is 10.4. The Bertz CT molecular complexity index is 763. The van der Waals surface area contributed by atoms with E-state index < -0.39 is 10.1 Å². The lowest BCUT2D eigenvalue weighted by molar-refractivity contribution is -0.134. The van der Waals surface area contributed by atoms with Crippen LogP contribution in [0.1, 0.15) is 24.5 Å². The number of rotatable bonds is 5. The van der Waals surface area contributed by atoms with E-state index in [2.05, 4.69) is 0 Å². The van der Waals surface area contributed by atoms with E-state index in [1.165, 1.54) is 6.07 Å². The van der Waals surface area contributed by atoms with Gasteiger partial charge < -0.3 is 4.74 Å². The van der Waals surface area contributed by atoms with Crippen molar-refractivity contribution in [3.05, 3.63) is 59.7 Å². The standard InChI is InChI=1S/C16H16O5S/c1-2-16(17)21-14-9-7-12(8-10-14)11-13-5-3-4-6-15(13)22(18,19)20/h3-10H,2,11H2,1H3,(H,18,19,20). The van der Waals surface area contributed by atoms with Gasteiger partial charge in [0.15, 0.2) is 0 Å². The molecular formula is C16H16O5S. The minimum Gasteiger partial charge on any atom is -0.427 e. The van der Waals surface area contributed by atoms with E-state index in [4.69, 9.17) is 4.74 Å². The van der Waals surface area contributed by atoms with Gasteiger partial charge in [0.1, 0.15) is 5.75 Å². The lowest BCUT2D eigenvalue weighted by Crippen LogP contribution is -2.05. The third-order valence-corrected chi connectivity index (χ3v) is 4.04. The van der Waals surface area contributed by atoms with E-state index in [-0.39, 0.29) is 10.9 Å². The van der Waals surface area contributed by atoms with Crippen LogP contribution < -0.4 is 4.74 Å². The zero-order valence-electron chi connectivity index (χ0n) is 12.0. The van der Waals surface area contributed by atoms with Crippen molar-refractivity contribution in [3.8, 4) is 5.75 Å². The molecule has 0 heterocycles. The largest absolute Gasteiger partial charge is 0.427 e. The molecule has 2 aromatic rings. The van der Waals surface area contributed by atoms with Crippen molar-refractivity contribution in [1.29, 1.82) is 0 Å². The van der Waals surface area contributed by atoms with Crippen LogP contribution >= 0.6 is 0 Å². The molecule has 0 fully saturated rings. The number of esters is 1. The number of benzene rings is 2. The van der Waals surface area contributed by atoms with Crippen LogP contribution in [0.5, 0.6) is 5.75 Å². The molecule has 0 radical (unpaired) electrons. The molecule has 0 saturated heterocycles. The summed E-state index contributed by atoms with van der Waals surface area (Å²) in [6.45, 7) is 1.71. The summed E-state index contributed by atoms with van der Waals surface area (Å²) in [5, 5.41) is 0. The molecule has 5 nitrogen and oxygen atoms in total. The van der Waals surface area contributed by atoms with Crippen LogP contribution in [0.3, 0.4) is 0 Å². The molecule has 22 heavy (non-hydrogen) atoms. The van der Waals surface area contributed by atoms with Crippen molar-refractivity contribution in [2.75, 3.05) is 0 Å². The summed E-state index contributed by atoms with van der Waals surface area (Å²) in [6.07, 6.45) is 0.640. The zero-order valence-corrected chi connectivity index (χ0v) is 12.8. The minimum absolute atomic E-state index is 0.100. The molecule has 0 unspecified atom stereocenters. The van der Waals surface area contributed by atoms with Crippen LogP contribution in [0.25, 0.3) is 0 Å². The molecule has 1 N–H and O–H groups in total. The van der Waals surface area contributed by atoms with Gasteiger partial charge in [0.25, 0.3) is 10.1 Å². The summed E-state index contributed by atoms with van der Waals surface area (Å²) >= 11 is 0. The van der Waals surface area contributed by atoms with E-state index in [9.17, 15) is 17.8 Å². The topological polar surface area (TPSA) is 80.7 Å². The molecule has 6 heteroatoms. The van der Waals surface area contributed by atoms with Gasteiger partial charge in [0.2, 0.25) is 0 Å². The van der Waals surface area contributed by atoms with Gasteiger partial charge in [-0.25, -0.2) is 0 Å². The van der Waals surface area contributed by atoms with Gasteiger partial charge in [0, 0.05) is 6.42 Å². The molecule has 0 aliphatic rings. The van der Waals surface area contributed by atoms with Crippen molar-refractivity contribution >= 4 is 16.1 Å². The average molecular weight is 320 g/mol. The summed E-state index contributed by atoms with van der Waals surface area (Å²) in [7, 11) is -4.25. The average Bonchev–Trinajstić information content (AvgIpc) is 2.48. The zero-order chi connectivity index (χ0) is 16.2. The SMILES string of the molecule is CCC(=O)Oc1ccc(Cc2ccccc2S(=O)(=O)O)cc1. The van der Waals surface area contributed by atoms with Crippen LogP contribution in [0, 0.1) is 0 Å². The van der Waals surface area contributed by atoms with Crippen LogP contribution in [0.2, 0.25) is 0 Å². The summed E-state index contributed by atoms with van der Waals surface area (Å²) in [5.41, 5.74) is 1.34. The van der Waals surface area contributed by atoms with Crippen molar-refractivity contribution in [3.63, 3.8) is 0 Å². The highest BCUT2D eigenvalue weighted by Crippen LogP contribution is 2.20. The fourth-order valence-electron chi connectivity index (χ4n) is 2.00. The Morgan fingerprint density at radius 1 is 1.09 bits per heavy atom. The first kappa shape index (κ1) is 16.2. The molecular weight excluding hydrogens is 304 g/mol. The summed E-state index contributed by atoms with van der Waals surface area (Å²) in [4.78, 5) is 11.1. The Labute approximate surface area is 129 Å². The fourth-order valence-corrected chi connectivity index (χ4v) is 2.72. The van der Waals surface area contributed by atoms with E-state index in [1.54, 1.807) is 49.4 Å². The molecule has 2 aromatic carbocycles. The highest BCUT2D eigenvalue weighted by molar-refractivity contribution is 7.85. The fraction of sp³-hybridized carbons (Fsp3) is 0.188. The first-order valence-electron chi connectivity index (χ1n) is 6.75. The second kappa shape index (κ2) is 6.72. The molecule has 116 valence electrons. The molecule has 0 aliphatic carbocycles. The van der Waals surface area contributed by atoms with E-state index in [0.29, 0.717) is 24.2 Å². The number of carbonyl (C=O) groups is 1. The van der Waals surface area contributed by atoms with Crippen LogP contribution in [0.4, 0.5) is 0 Å². The molecule has 0 spiro atoms. The second-order valence-corrected chi connectivity index (χ2v) is 6.12. The highest BCUT2D eigenvalue weighted by atomic mass is 32.2. The minimum atomic E-state index is -4.25. The van der Waals surface area contributed by atoms with Crippen LogP contribution in [-0.2, 0) is 21.3 Å². The van der Waals surface area contributed by atoms with Gasteiger partial charge in [-0.05, 0) is 35.7 Å². The third kappa shape index (κ3) is 4.16. The van der Waals surface area contributed by atoms with Gasteiger partial charge in [-0.2, -0.15) is 8.42 Å². The Kier molecular flexibility index (Phi) is 4.95. The Hall–Kier alpha value is -2.18. The molecule has 0 amide bonds. The summed E-state index contributed by atoms with van der Waals surface area (Å²) in [6, 6.07) is 13.1. The Morgan fingerprint density at radius 2 is 1.73 bits per heavy atom. The van der Waals surface area contributed by atoms with Gasteiger partial charge in [-0.15, -0.1) is 0 Å². The number of ether oxygens (including phenoxy) is 1. The lowest BCUT2D eigenvalue weighted by Gasteiger charge is -2.08. The van der Waals surface area contributed by atoms with Gasteiger partial charge >= 0.3 is 5.97 Å². The van der Waals surface area contributed by atoms with E-state index in [1.807, 2.05) is 0 Å². The van der Waals surface area contributed by atoms with Crippen molar-refractivity contribution in [1.82, 2.24) is 0 Å². The smallest absolute Gasteiger partial charge is 0.310 e. The van der Waals surface area contributed by atoms with Crippen LogP contribution in [-0.4, -0.2) is 18.9 Å². The molecule has 0 aliphatic heterocycles. The van der Waals surface area contributed by atoms with E-state index in [0.717, 1.165) is 5.56 Å². The van der Waals surface area contributed by atoms with Crippen molar-refractivity contribution in [2.24, 2.45) is 0 Å². The quantitative estimate of drug-likeness (QED) is 0.520. The molecule has 0 aromatic heterocycles. The maximum Gasteiger partial charge on any atom is 0.310 e. The molecule has 0 atom stereocenters. The Morgan fingerprint density at radius 3 is 2.32 bits per heavy atom. The predicted molar refractivity (Wildman–Crippen MR) is 81.4 cm³/mol. The molecule has 0 saturated carbocycles. The molecule has 0 bridgehead atoms. The molecule has 2 rings (SSSR count). The van der Waals surface area contributed by atoms with Gasteiger partial charge in [-0.3, -0.25) is 9.35 Å². The number of hydrogen-bond acceptors (Lipinski definition) is 4. The summed E-state index contributed by atoms with van der Waals surface area (Å²) in [5.74, 6) is 0.128. The maximum atomic E-state index is 11.4. The third-order valence-electron chi connectivity index (χ3n) is 3.09. The van der Waals surface area contributed by atoms with Crippen molar-refractivity contribution < 1.29 is 22.5 Å². The normalized spacial score (nSPS) is 11.2. The predicted octanol–water partition coefficient (Wildman–Crippen LogP) is 2.84. The van der Waals surface area contributed by atoms with Crippen molar-refractivity contribution in [2.45, 2.75) is 24.7 Å². The van der Waals surface area contributed by atoms with Gasteiger partial charge in [0.05, 0.1) is 4.90 Å². The number of carbonyl (C=O) groups excluding carboxylic acids is 1. The second-order valence-electron chi connectivity index (χ2n) is 4.73. The maximum absolute atomic E-state index is 11.4.